The quantitative estimate of drug-likeness (QED) is 0.895. The molecule has 6 nitrogen and oxygen atoms in total. The Kier molecular flexibility index (Phi) is 2.83. The average Bonchev–Trinajstić information content (AvgIpc) is 3.03. The molecule has 3 rings (SSSR count). The van der Waals surface area contributed by atoms with Crippen LogP contribution in [0.15, 0.2) is 30.5 Å². The summed E-state index contributed by atoms with van der Waals surface area (Å²) in [6.45, 7) is 0.638. The van der Waals surface area contributed by atoms with Gasteiger partial charge in [-0.1, -0.05) is 0 Å². The molecule has 1 aliphatic heterocycles. The fourth-order valence-corrected chi connectivity index (χ4v) is 1.89. The third-order valence-corrected chi connectivity index (χ3v) is 2.99. The van der Waals surface area contributed by atoms with Gasteiger partial charge in [0.25, 0.3) is 5.91 Å². The predicted molar refractivity (Wildman–Crippen MR) is 66.9 cm³/mol. The molecule has 0 fully saturated rings. The van der Waals surface area contributed by atoms with Gasteiger partial charge in [-0.2, -0.15) is 5.10 Å². The number of hydrogen-bond donors (Lipinski definition) is 1. The van der Waals surface area contributed by atoms with Gasteiger partial charge in [0.2, 0.25) is 6.79 Å². The first kappa shape index (κ1) is 11.6. The van der Waals surface area contributed by atoms with E-state index in [9.17, 15) is 4.79 Å². The van der Waals surface area contributed by atoms with Crippen molar-refractivity contribution in [1.29, 1.82) is 0 Å². The highest BCUT2D eigenvalue weighted by Crippen LogP contribution is 2.32. The van der Waals surface area contributed by atoms with E-state index in [0.29, 0.717) is 23.6 Å². The minimum atomic E-state index is -0.153. The summed E-state index contributed by atoms with van der Waals surface area (Å²) in [5.41, 5.74) is 1.49. The lowest BCUT2D eigenvalue weighted by Crippen LogP contribution is -2.23. The third-order valence-electron chi connectivity index (χ3n) is 2.99. The van der Waals surface area contributed by atoms with Crippen molar-refractivity contribution in [2.75, 3.05) is 6.79 Å². The molecule has 0 bridgehead atoms. The number of amides is 1. The van der Waals surface area contributed by atoms with Crippen LogP contribution in [0.25, 0.3) is 0 Å². The van der Waals surface area contributed by atoms with Crippen molar-refractivity contribution in [3.8, 4) is 11.5 Å². The molecule has 1 amide bonds. The third kappa shape index (κ3) is 2.24. The van der Waals surface area contributed by atoms with Gasteiger partial charge in [0.05, 0.1) is 12.2 Å². The summed E-state index contributed by atoms with van der Waals surface area (Å²) in [6.07, 6.45) is 1.70. The molecular weight excluding hydrogens is 246 g/mol. The van der Waals surface area contributed by atoms with Gasteiger partial charge in [0.15, 0.2) is 11.5 Å². The van der Waals surface area contributed by atoms with Gasteiger partial charge in [0.1, 0.15) is 0 Å². The van der Waals surface area contributed by atoms with Crippen LogP contribution in [0.5, 0.6) is 11.5 Å². The molecule has 19 heavy (non-hydrogen) atoms. The second-order valence-electron chi connectivity index (χ2n) is 4.20. The lowest BCUT2D eigenvalue weighted by Gasteiger charge is -2.06. The highest BCUT2D eigenvalue weighted by atomic mass is 16.7. The van der Waals surface area contributed by atoms with Crippen molar-refractivity contribution < 1.29 is 14.3 Å². The van der Waals surface area contributed by atoms with Crippen LogP contribution >= 0.6 is 0 Å². The first-order valence-electron chi connectivity index (χ1n) is 5.89. The lowest BCUT2D eigenvalue weighted by molar-refractivity contribution is 0.0949. The minimum Gasteiger partial charge on any atom is -0.454 e. The monoisotopic (exact) mass is 259 g/mol. The van der Waals surface area contributed by atoms with Crippen molar-refractivity contribution in [3.63, 3.8) is 0 Å². The Bertz CT molecular complexity index is 621. The first-order chi connectivity index (χ1) is 9.24. The highest BCUT2D eigenvalue weighted by molar-refractivity contribution is 5.94. The van der Waals surface area contributed by atoms with Gasteiger partial charge in [-0.15, -0.1) is 0 Å². The number of aryl methyl sites for hydroxylation is 1. The van der Waals surface area contributed by atoms with Crippen LogP contribution in [0.2, 0.25) is 0 Å². The fourth-order valence-electron chi connectivity index (χ4n) is 1.89. The van der Waals surface area contributed by atoms with E-state index in [2.05, 4.69) is 10.4 Å². The number of hydrogen-bond acceptors (Lipinski definition) is 4. The van der Waals surface area contributed by atoms with Gasteiger partial charge in [-0.05, 0) is 24.3 Å². The molecule has 0 aliphatic carbocycles. The topological polar surface area (TPSA) is 65.4 Å². The normalized spacial score (nSPS) is 12.5. The molecule has 1 aromatic heterocycles. The Morgan fingerprint density at radius 2 is 2.21 bits per heavy atom. The number of fused-ring (bicyclic) bond motifs is 1. The minimum absolute atomic E-state index is 0.153. The second kappa shape index (κ2) is 4.64. The number of carbonyl (C=O) groups excluding carboxylic acids is 1. The van der Waals surface area contributed by atoms with Gasteiger partial charge >= 0.3 is 0 Å². The summed E-state index contributed by atoms with van der Waals surface area (Å²) < 4.78 is 12.2. The Hall–Kier alpha value is -2.50. The zero-order valence-electron chi connectivity index (χ0n) is 10.4. The maximum absolute atomic E-state index is 12.0. The Morgan fingerprint density at radius 3 is 3.00 bits per heavy atom. The molecule has 1 aromatic carbocycles. The van der Waals surface area contributed by atoms with E-state index in [-0.39, 0.29) is 12.7 Å². The van der Waals surface area contributed by atoms with Crippen LogP contribution in [0, 0.1) is 0 Å². The Labute approximate surface area is 109 Å². The molecule has 2 aromatic rings. The summed E-state index contributed by atoms with van der Waals surface area (Å²) in [5.74, 6) is 1.12. The predicted octanol–water partition coefficient (Wildman–Crippen LogP) is 1.08. The molecule has 0 atom stereocenters. The molecule has 0 unspecified atom stereocenters. The average molecular weight is 259 g/mol. The zero-order valence-corrected chi connectivity index (χ0v) is 10.4. The van der Waals surface area contributed by atoms with Crippen LogP contribution in [-0.4, -0.2) is 22.5 Å². The molecular formula is C13H13N3O3. The highest BCUT2D eigenvalue weighted by Gasteiger charge is 2.16. The first-order valence-corrected chi connectivity index (χ1v) is 5.89. The fraction of sp³-hybridized carbons (Fsp3) is 0.231. The maximum atomic E-state index is 12.0. The number of rotatable bonds is 3. The molecule has 0 saturated heterocycles. The van der Waals surface area contributed by atoms with Crippen LogP contribution < -0.4 is 14.8 Å². The summed E-state index contributed by atoms with van der Waals surface area (Å²) in [4.78, 5) is 12.0. The summed E-state index contributed by atoms with van der Waals surface area (Å²) >= 11 is 0. The number of ether oxygens (including phenoxy) is 2. The van der Waals surface area contributed by atoms with Crippen molar-refractivity contribution in [2.24, 2.45) is 7.05 Å². The molecule has 1 N–H and O–H groups in total. The van der Waals surface area contributed by atoms with Crippen molar-refractivity contribution in [2.45, 2.75) is 6.54 Å². The van der Waals surface area contributed by atoms with Gasteiger partial charge in [0, 0.05) is 18.8 Å². The van der Waals surface area contributed by atoms with E-state index in [1.54, 1.807) is 29.1 Å². The Morgan fingerprint density at radius 1 is 1.37 bits per heavy atom. The number of benzene rings is 1. The van der Waals surface area contributed by atoms with E-state index < -0.39 is 0 Å². The number of nitrogens with one attached hydrogen (secondary N) is 1. The SMILES string of the molecule is Cn1nccc1CNC(=O)c1ccc2c(c1)OCO2. The van der Waals surface area contributed by atoms with E-state index in [1.807, 2.05) is 13.1 Å². The van der Waals surface area contributed by atoms with E-state index in [4.69, 9.17) is 9.47 Å². The van der Waals surface area contributed by atoms with E-state index in [1.165, 1.54) is 0 Å². The molecule has 98 valence electrons. The molecule has 0 spiro atoms. The largest absolute Gasteiger partial charge is 0.454 e. The van der Waals surface area contributed by atoms with Crippen molar-refractivity contribution >= 4 is 5.91 Å². The summed E-state index contributed by atoms with van der Waals surface area (Å²) in [7, 11) is 1.84. The molecule has 2 heterocycles. The summed E-state index contributed by atoms with van der Waals surface area (Å²) in [5, 5.41) is 6.88. The molecule has 0 radical (unpaired) electrons. The van der Waals surface area contributed by atoms with Crippen molar-refractivity contribution in [3.05, 3.63) is 41.7 Å². The maximum Gasteiger partial charge on any atom is 0.251 e. The zero-order chi connectivity index (χ0) is 13.2. The summed E-state index contributed by atoms with van der Waals surface area (Å²) in [6, 6.07) is 6.99. The lowest BCUT2D eigenvalue weighted by atomic mass is 10.2. The van der Waals surface area contributed by atoms with E-state index >= 15 is 0 Å². The standard InChI is InChI=1S/C13H13N3O3/c1-16-10(4-5-15-16)7-14-13(17)9-2-3-11-12(6-9)19-8-18-11/h2-6H,7-8H2,1H3,(H,14,17). The van der Waals surface area contributed by atoms with Crippen LogP contribution in [0.4, 0.5) is 0 Å². The van der Waals surface area contributed by atoms with Gasteiger partial charge in [-0.25, -0.2) is 0 Å². The smallest absolute Gasteiger partial charge is 0.251 e. The number of carbonyl (C=O) groups is 1. The molecule has 1 aliphatic rings. The molecule has 6 heteroatoms. The number of nitrogens with zero attached hydrogens (tertiary/aromatic N) is 2. The van der Waals surface area contributed by atoms with Gasteiger partial charge in [-0.3, -0.25) is 9.48 Å². The van der Waals surface area contributed by atoms with Crippen LogP contribution in [-0.2, 0) is 13.6 Å². The number of aromatic nitrogens is 2. The van der Waals surface area contributed by atoms with Crippen LogP contribution in [0.3, 0.4) is 0 Å². The Balaban J connectivity index is 1.69. The second-order valence-corrected chi connectivity index (χ2v) is 4.20. The van der Waals surface area contributed by atoms with E-state index in [0.717, 1.165) is 5.69 Å². The van der Waals surface area contributed by atoms with Gasteiger partial charge < -0.3 is 14.8 Å². The van der Waals surface area contributed by atoms with Crippen molar-refractivity contribution in [1.82, 2.24) is 15.1 Å². The molecule has 0 saturated carbocycles. The van der Waals surface area contributed by atoms with Crippen LogP contribution in [0.1, 0.15) is 16.1 Å².